The van der Waals surface area contributed by atoms with Gasteiger partial charge in [-0.1, -0.05) is 42.5 Å². The second-order valence-electron chi connectivity index (χ2n) is 5.87. The molecule has 1 unspecified atom stereocenters. The Morgan fingerprint density at radius 1 is 0.950 bits per heavy atom. The van der Waals surface area contributed by atoms with E-state index in [2.05, 4.69) is 12.2 Å². The molecule has 3 rings (SSSR count). The Kier molecular flexibility index (Phi) is 3.67. The highest BCUT2D eigenvalue weighted by Crippen LogP contribution is 2.59. The second kappa shape index (κ2) is 5.32. The fourth-order valence-electron chi connectivity index (χ4n) is 4.16. The lowest BCUT2D eigenvalue weighted by Gasteiger charge is -2.30. The molecule has 0 aromatic heterocycles. The van der Waals surface area contributed by atoms with Gasteiger partial charge in [-0.2, -0.15) is 0 Å². The Hall–Kier alpha value is -1.16. The molecule has 3 heteroatoms. The molecular formula is C17H22O3. The van der Waals surface area contributed by atoms with E-state index in [9.17, 15) is 5.11 Å². The van der Waals surface area contributed by atoms with Gasteiger partial charge in [0.05, 0.1) is 13.2 Å². The maximum absolute atomic E-state index is 11.4. The van der Waals surface area contributed by atoms with Crippen molar-refractivity contribution >= 4 is 0 Å². The van der Waals surface area contributed by atoms with Crippen molar-refractivity contribution < 1.29 is 14.6 Å². The Morgan fingerprint density at radius 2 is 1.45 bits per heavy atom. The van der Waals surface area contributed by atoms with Crippen molar-refractivity contribution in [3.63, 3.8) is 0 Å². The third-order valence-corrected chi connectivity index (χ3v) is 4.97. The van der Waals surface area contributed by atoms with Gasteiger partial charge < -0.3 is 14.6 Å². The van der Waals surface area contributed by atoms with Crippen molar-refractivity contribution in [2.24, 2.45) is 23.7 Å². The average molecular weight is 274 g/mol. The molecule has 1 N–H and O–H groups in total. The van der Waals surface area contributed by atoms with E-state index in [4.69, 9.17) is 9.47 Å². The first kappa shape index (κ1) is 13.8. The minimum absolute atomic E-state index is 0.106. The summed E-state index contributed by atoms with van der Waals surface area (Å²) >= 11 is 0. The zero-order valence-corrected chi connectivity index (χ0v) is 12.0. The lowest BCUT2D eigenvalue weighted by Crippen LogP contribution is -2.33. The predicted octanol–water partition coefficient (Wildman–Crippen LogP) is 2.22. The summed E-state index contributed by atoms with van der Waals surface area (Å²) < 4.78 is 10.8. The van der Waals surface area contributed by atoms with Gasteiger partial charge in [0, 0.05) is 26.1 Å². The molecule has 20 heavy (non-hydrogen) atoms. The summed E-state index contributed by atoms with van der Waals surface area (Å²) in [5.74, 6) is 0.824. The molecule has 5 atom stereocenters. The van der Waals surface area contributed by atoms with E-state index in [0.29, 0.717) is 25.0 Å². The zero-order valence-electron chi connectivity index (χ0n) is 12.0. The van der Waals surface area contributed by atoms with Gasteiger partial charge in [0.2, 0.25) is 0 Å². The third kappa shape index (κ3) is 1.85. The monoisotopic (exact) mass is 274 g/mol. The molecule has 0 aliphatic heterocycles. The number of hydrogen-bond acceptors (Lipinski definition) is 3. The molecule has 1 aromatic carbocycles. The van der Waals surface area contributed by atoms with Crippen LogP contribution in [0.25, 0.3) is 0 Å². The molecule has 2 bridgehead atoms. The molecule has 1 fully saturated rings. The van der Waals surface area contributed by atoms with Gasteiger partial charge in [-0.25, -0.2) is 0 Å². The summed E-state index contributed by atoms with van der Waals surface area (Å²) in [5, 5.41) is 11.4. The number of hydrogen-bond donors (Lipinski definition) is 1. The van der Waals surface area contributed by atoms with Gasteiger partial charge in [0.15, 0.2) is 0 Å². The highest BCUT2D eigenvalue weighted by Gasteiger charge is 2.61. The van der Waals surface area contributed by atoms with E-state index in [1.54, 1.807) is 14.2 Å². The smallest absolute Gasteiger partial charge is 0.103 e. The molecule has 108 valence electrons. The molecule has 3 nitrogen and oxygen atoms in total. The highest BCUT2D eigenvalue weighted by molar-refractivity contribution is 5.35. The third-order valence-electron chi connectivity index (χ3n) is 4.97. The summed E-state index contributed by atoms with van der Waals surface area (Å²) in [4.78, 5) is 0. The van der Waals surface area contributed by atoms with Crippen molar-refractivity contribution in [1.29, 1.82) is 0 Å². The lowest BCUT2D eigenvalue weighted by molar-refractivity contribution is -0.0159. The molecule has 2 aliphatic carbocycles. The molecular weight excluding hydrogens is 252 g/mol. The number of aliphatic hydroxyl groups is 1. The first-order valence-corrected chi connectivity index (χ1v) is 7.17. The summed E-state index contributed by atoms with van der Waals surface area (Å²) in [7, 11) is 3.45. The molecule has 0 radical (unpaired) electrons. The standard InChI is InChI=1S/C17H22O3/c1-19-10-13-14(11-20-2)16-9-8-15(13)17(16,18)12-6-4-3-5-7-12/h3-9,13-16,18H,10-11H2,1-2H3/t13-,14+,15-,16+,17?. The fraction of sp³-hybridized carbons (Fsp3) is 0.529. The number of fused-ring (bicyclic) bond motifs is 2. The van der Waals surface area contributed by atoms with Crippen LogP contribution in [0.4, 0.5) is 0 Å². The van der Waals surface area contributed by atoms with Crippen molar-refractivity contribution in [2.75, 3.05) is 27.4 Å². The van der Waals surface area contributed by atoms with Crippen LogP contribution in [0.3, 0.4) is 0 Å². The van der Waals surface area contributed by atoms with Crippen LogP contribution in [-0.4, -0.2) is 32.5 Å². The molecule has 0 heterocycles. The van der Waals surface area contributed by atoms with Gasteiger partial charge in [-0.3, -0.25) is 0 Å². The van der Waals surface area contributed by atoms with Crippen LogP contribution < -0.4 is 0 Å². The molecule has 0 saturated heterocycles. The molecule has 1 aromatic rings. The van der Waals surface area contributed by atoms with E-state index >= 15 is 0 Å². The van der Waals surface area contributed by atoms with Crippen molar-refractivity contribution in [2.45, 2.75) is 5.60 Å². The van der Waals surface area contributed by atoms with Crippen LogP contribution in [0.5, 0.6) is 0 Å². The minimum atomic E-state index is -0.812. The number of methoxy groups -OCH3 is 2. The van der Waals surface area contributed by atoms with Crippen LogP contribution in [-0.2, 0) is 15.1 Å². The summed E-state index contributed by atoms with van der Waals surface area (Å²) in [6, 6.07) is 10.00. The lowest BCUT2D eigenvalue weighted by atomic mass is 9.81. The molecule has 0 spiro atoms. The fourth-order valence-corrected chi connectivity index (χ4v) is 4.16. The first-order chi connectivity index (χ1) is 9.73. The van der Waals surface area contributed by atoms with Crippen LogP contribution in [0.2, 0.25) is 0 Å². The molecule has 1 saturated carbocycles. The van der Waals surface area contributed by atoms with Crippen molar-refractivity contribution in [3.8, 4) is 0 Å². The largest absolute Gasteiger partial charge is 0.384 e. The zero-order chi connectivity index (χ0) is 14.2. The Balaban J connectivity index is 1.98. The minimum Gasteiger partial charge on any atom is -0.384 e. The highest BCUT2D eigenvalue weighted by atomic mass is 16.5. The quantitative estimate of drug-likeness (QED) is 0.837. The average Bonchev–Trinajstić information content (AvgIpc) is 2.92. The number of benzene rings is 1. The Bertz CT molecular complexity index is 460. The predicted molar refractivity (Wildman–Crippen MR) is 77.2 cm³/mol. The summed E-state index contributed by atoms with van der Waals surface area (Å²) in [6.45, 7) is 1.32. The maximum Gasteiger partial charge on any atom is 0.103 e. The van der Waals surface area contributed by atoms with E-state index < -0.39 is 5.60 Å². The Labute approximate surface area is 120 Å². The molecule has 0 amide bonds. The van der Waals surface area contributed by atoms with E-state index in [1.165, 1.54) is 0 Å². The van der Waals surface area contributed by atoms with Gasteiger partial charge in [0.1, 0.15) is 5.60 Å². The maximum atomic E-state index is 11.4. The van der Waals surface area contributed by atoms with Crippen LogP contribution >= 0.6 is 0 Å². The van der Waals surface area contributed by atoms with Crippen molar-refractivity contribution in [3.05, 3.63) is 48.0 Å². The van der Waals surface area contributed by atoms with E-state index in [0.717, 1.165) is 5.56 Å². The van der Waals surface area contributed by atoms with Crippen molar-refractivity contribution in [1.82, 2.24) is 0 Å². The van der Waals surface area contributed by atoms with Gasteiger partial charge >= 0.3 is 0 Å². The summed E-state index contributed by atoms with van der Waals surface area (Å²) in [5.41, 5.74) is 0.188. The van der Waals surface area contributed by atoms with Gasteiger partial charge in [-0.15, -0.1) is 0 Å². The van der Waals surface area contributed by atoms with Crippen LogP contribution in [0.15, 0.2) is 42.5 Å². The van der Waals surface area contributed by atoms with Crippen LogP contribution in [0.1, 0.15) is 5.56 Å². The Morgan fingerprint density at radius 3 is 1.90 bits per heavy atom. The second-order valence-corrected chi connectivity index (χ2v) is 5.87. The number of rotatable bonds is 5. The number of ether oxygens (including phenoxy) is 2. The topological polar surface area (TPSA) is 38.7 Å². The SMILES string of the molecule is COC[C@@H]1[C@H](COC)[C@@H]2C=C[C@H]1C2(O)c1ccccc1. The molecule has 2 aliphatic rings. The van der Waals surface area contributed by atoms with Crippen LogP contribution in [0, 0.1) is 23.7 Å². The first-order valence-electron chi connectivity index (χ1n) is 7.17. The summed E-state index contributed by atoms with van der Waals surface area (Å²) in [6.07, 6.45) is 4.32. The normalized spacial score (nSPS) is 38.5. The van der Waals surface area contributed by atoms with E-state index in [-0.39, 0.29) is 11.8 Å². The van der Waals surface area contributed by atoms with Gasteiger partial charge in [-0.05, 0) is 17.4 Å². The van der Waals surface area contributed by atoms with Gasteiger partial charge in [0.25, 0.3) is 0 Å². The van der Waals surface area contributed by atoms with E-state index in [1.807, 2.05) is 30.3 Å².